The van der Waals surface area contributed by atoms with Crippen LogP contribution in [0.4, 0.5) is 0 Å². The second-order valence-electron chi connectivity index (χ2n) is 6.59. The Hall–Kier alpha value is -0.120. The van der Waals surface area contributed by atoms with Gasteiger partial charge in [-0.1, -0.05) is 13.8 Å². The first kappa shape index (κ1) is 13.3. The summed E-state index contributed by atoms with van der Waals surface area (Å²) in [5.74, 6) is 0. The SMILES string of the molecule is CC(O)C(C)(C)CN1CCCN2CCCC2C1. The van der Waals surface area contributed by atoms with Gasteiger partial charge in [-0.25, -0.2) is 0 Å². The Kier molecular flexibility index (Phi) is 4.11. The van der Waals surface area contributed by atoms with Crippen molar-refractivity contribution in [1.82, 2.24) is 9.80 Å². The smallest absolute Gasteiger partial charge is 0.0575 e. The van der Waals surface area contributed by atoms with Crippen molar-refractivity contribution in [1.29, 1.82) is 0 Å². The number of rotatable bonds is 3. The highest BCUT2D eigenvalue weighted by atomic mass is 16.3. The lowest BCUT2D eigenvalue weighted by molar-refractivity contribution is 0.0328. The molecule has 0 aliphatic carbocycles. The van der Waals surface area contributed by atoms with Crippen LogP contribution in [0, 0.1) is 5.41 Å². The zero-order chi connectivity index (χ0) is 12.5. The molecule has 0 spiro atoms. The van der Waals surface area contributed by atoms with Crippen LogP contribution in [0.3, 0.4) is 0 Å². The molecule has 0 saturated carbocycles. The third-order valence-electron chi connectivity index (χ3n) is 4.65. The van der Waals surface area contributed by atoms with Crippen LogP contribution in [0.2, 0.25) is 0 Å². The molecule has 2 heterocycles. The Morgan fingerprint density at radius 3 is 2.65 bits per heavy atom. The average Bonchev–Trinajstić information content (AvgIpc) is 2.57. The monoisotopic (exact) mass is 240 g/mol. The van der Waals surface area contributed by atoms with E-state index in [9.17, 15) is 5.11 Å². The maximum Gasteiger partial charge on any atom is 0.0575 e. The molecule has 0 bridgehead atoms. The van der Waals surface area contributed by atoms with Crippen molar-refractivity contribution in [2.24, 2.45) is 5.41 Å². The summed E-state index contributed by atoms with van der Waals surface area (Å²) in [6.45, 7) is 12.3. The summed E-state index contributed by atoms with van der Waals surface area (Å²) in [4.78, 5) is 5.23. The molecule has 0 aromatic heterocycles. The fourth-order valence-electron chi connectivity index (χ4n) is 3.14. The predicted octanol–water partition coefficient (Wildman–Crippen LogP) is 1.56. The summed E-state index contributed by atoms with van der Waals surface area (Å²) in [6.07, 6.45) is 3.79. The molecule has 100 valence electrons. The molecule has 0 amide bonds. The number of fused-ring (bicyclic) bond motifs is 1. The van der Waals surface area contributed by atoms with Crippen molar-refractivity contribution in [3.8, 4) is 0 Å². The van der Waals surface area contributed by atoms with Gasteiger partial charge in [0.25, 0.3) is 0 Å². The number of aliphatic hydroxyl groups excluding tert-OH is 1. The van der Waals surface area contributed by atoms with E-state index in [2.05, 4.69) is 23.6 Å². The molecule has 1 N–H and O–H groups in total. The van der Waals surface area contributed by atoms with E-state index in [0.717, 1.165) is 12.6 Å². The first-order valence-corrected chi connectivity index (χ1v) is 7.13. The zero-order valence-electron chi connectivity index (χ0n) is 11.7. The Bertz CT molecular complexity index is 253. The summed E-state index contributed by atoms with van der Waals surface area (Å²) in [6, 6.07) is 0.780. The first-order chi connectivity index (χ1) is 7.99. The molecule has 0 aromatic rings. The van der Waals surface area contributed by atoms with Gasteiger partial charge in [-0.05, 0) is 45.8 Å². The van der Waals surface area contributed by atoms with Crippen LogP contribution in [0.25, 0.3) is 0 Å². The molecular formula is C14H28N2O. The normalized spacial score (nSPS) is 30.0. The number of aliphatic hydroxyl groups is 1. The topological polar surface area (TPSA) is 26.7 Å². The second kappa shape index (κ2) is 5.25. The van der Waals surface area contributed by atoms with Crippen molar-refractivity contribution >= 4 is 0 Å². The number of hydrogen-bond acceptors (Lipinski definition) is 3. The lowest BCUT2D eigenvalue weighted by atomic mass is 9.86. The van der Waals surface area contributed by atoms with Crippen molar-refractivity contribution < 1.29 is 5.11 Å². The van der Waals surface area contributed by atoms with E-state index >= 15 is 0 Å². The minimum atomic E-state index is -0.231. The fraction of sp³-hybridized carbons (Fsp3) is 1.00. The Balaban J connectivity index is 1.92. The third kappa shape index (κ3) is 3.21. The van der Waals surface area contributed by atoms with Crippen molar-refractivity contribution in [2.45, 2.75) is 52.2 Å². The first-order valence-electron chi connectivity index (χ1n) is 7.13. The second-order valence-corrected chi connectivity index (χ2v) is 6.59. The molecule has 2 saturated heterocycles. The minimum absolute atomic E-state index is 0.00771. The standard InChI is InChI=1S/C14H28N2O/c1-12(17)14(2,3)11-15-7-5-9-16-8-4-6-13(16)10-15/h12-13,17H,4-11H2,1-3H3. The highest BCUT2D eigenvalue weighted by Gasteiger charge is 2.32. The zero-order valence-corrected chi connectivity index (χ0v) is 11.7. The average molecular weight is 240 g/mol. The molecular weight excluding hydrogens is 212 g/mol. The van der Waals surface area contributed by atoms with Crippen LogP contribution in [0.5, 0.6) is 0 Å². The van der Waals surface area contributed by atoms with Crippen LogP contribution >= 0.6 is 0 Å². The van der Waals surface area contributed by atoms with E-state index in [0.29, 0.717) is 0 Å². The number of hydrogen-bond donors (Lipinski definition) is 1. The molecule has 17 heavy (non-hydrogen) atoms. The molecule has 2 aliphatic heterocycles. The summed E-state index contributed by atoms with van der Waals surface area (Å²) >= 11 is 0. The third-order valence-corrected chi connectivity index (χ3v) is 4.65. The van der Waals surface area contributed by atoms with E-state index in [1.165, 1.54) is 45.4 Å². The molecule has 3 nitrogen and oxygen atoms in total. The molecule has 2 rings (SSSR count). The Labute approximate surface area is 106 Å². The van der Waals surface area contributed by atoms with Crippen LogP contribution in [0.15, 0.2) is 0 Å². The van der Waals surface area contributed by atoms with Gasteiger partial charge in [0.15, 0.2) is 0 Å². The van der Waals surface area contributed by atoms with Gasteiger partial charge in [0, 0.05) is 24.5 Å². The number of nitrogens with zero attached hydrogens (tertiary/aromatic N) is 2. The van der Waals surface area contributed by atoms with Crippen LogP contribution < -0.4 is 0 Å². The van der Waals surface area contributed by atoms with E-state index in [-0.39, 0.29) is 11.5 Å². The van der Waals surface area contributed by atoms with Crippen LogP contribution in [0.1, 0.15) is 40.0 Å². The highest BCUT2D eigenvalue weighted by molar-refractivity contribution is 4.87. The van der Waals surface area contributed by atoms with E-state index in [1.807, 2.05) is 6.92 Å². The van der Waals surface area contributed by atoms with Gasteiger partial charge in [0.05, 0.1) is 6.10 Å². The van der Waals surface area contributed by atoms with Gasteiger partial charge in [0.1, 0.15) is 0 Å². The molecule has 0 radical (unpaired) electrons. The van der Waals surface area contributed by atoms with Gasteiger partial charge in [0.2, 0.25) is 0 Å². The van der Waals surface area contributed by atoms with Gasteiger partial charge in [-0.2, -0.15) is 0 Å². The summed E-state index contributed by atoms with van der Waals surface area (Å²) < 4.78 is 0. The summed E-state index contributed by atoms with van der Waals surface area (Å²) in [5, 5.41) is 9.83. The van der Waals surface area contributed by atoms with Gasteiger partial charge < -0.3 is 10.0 Å². The van der Waals surface area contributed by atoms with Crippen LogP contribution in [-0.4, -0.2) is 59.8 Å². The molecule has 2 atom stereocenters. The molecule has 2 aliphatic rings. The van der Waals surface area contributed by atoms with E-state index in [1.54, 1.807) is 0 Å². The van der Waals surface area contributed by atoms with Crippen molar-refractivity contribution in [3.05, 3.63) is 0 Å². The maximum absolute atomic E-state index is 9.83. The molecule has 0 aromatic carbocycles. The lowest BCUT2D eigenvalue weighted by Gasteiger charge is -2.35. The summed E-state index contributed by atoms with van der Waals surface area (Å²) in [5.41, 5.74) is 0.00771. The van der Waals surface area contributed by atoms with E-state index < -0.39 is 0 Å². The predicted molar refractivity (Wildman–Crippen MR) is 71.1 cm³/mol. The van der Waals surface area contributed by atoms with Crippen molar-refractivity contribution in [2.75, 3.05) is 32.7 Å². The Morgan fingerprint density at radius 1 is 1.24 bits per heavy atom. The molecule has 2 fully saturated rings. The van der Waals surface area contributed by atoms with Crippen molar-refractivity contribution in [3.63, 3.8) is 0 Å². The highest BCUT2D eigenvalue weighted by Crippen LogP contribution is 2.26. The largest absolute Gasteiger partial charge is 0.393 e. The van der Waals surface area contributed by atoms with Crippen LogP contribution in [-0.2, 0) is 0 Å². The minimum Gasteiger partial charge on any atom is -0.393 e. The van der Waals surface area contributed by atoms with Gasteiger partial charge in [-0.15, -0.1) is 0 Å². The van der Waals surface area contributed by atoms with Gasteiger partial charge in [-0.3, -0.25) is 4.90 Å². The van der Waals surface area contributed by atoms with E-state index in [4.69, 9.17) is 0 Å². The quantitative estimate of drug-likeness (QED) is 0.811. The summed E-state index contributed by atoms with van der Waals surface area (Å²) in [7, 11) is 0. The Morgan fingerprint density at radius 2 is 1.94 bits per heavy atom. The van der Waals surface area contributed by atoms with Gasteiger partial charge >= 0.3 is 0 Å². The fourth-order valence-corrected chi connectivity index (χ4v) is 3.14. The molecule has 2 unspecified atom stereocenters. The lowest BCUT2D eigenvalue weighted by Crippen LogP contribution is -2.44. The molecule has 3 heteroatoms. The maximum atomic E-state index is 9.83.